The Morgan fingerprint density at radius 3 is 2.66 bits per heavy atom. The zero-order valence-corrected chi connectivity index (χ0v) is 16.4. The maximum Gasteiger partial charge on any atom is 0.261 e. The van der Waals surface area contributed by atoms with Crippen molar-refractivity contribution in [1.82, 2.24) is 25.3 Å². The average Bonchev–Trinajstić information content (AvgIpc) is 3.17. The molecule has 2 heterocycles. The molecule has 0 aliphatic carbocycles. The molecule has 1 N–H and O–H groups in total. The number of para-hydroxylation sites is 1. The number of nitrogens with zero attached hydrogens (tertiary/aromatic N) is 5. The van der Waals surface area contributed by atoms with Crippen molar-refractivity contribution in [2.45, 2.75) is 19.5 Å². The standard InChI is InChI=1S/C21H24N6O2/c1-16(21(17-7-3-2-4-8-17)26-11-13-29-14-12-26)22-24-20(28)15-27-19-10-6-5-9-18(19)23-25-27/h2-10,21H,11-15H2,1H3,(H,24,28)/b22-16-/t21-/m0/s1. The molecule has 1 amide bonds. The molecule has 0 saturated carbocycles. The summed E-state index contributed by atoms with van der Waals surface area (Å²) in [6.45, 7) is 5.05. The summed E-state index contributed by atoms with van der Waals surface area (Å²) in [6, 6.07) is 17.7. The minimum Gasteiger partial charge on any atom is -0.379 e. The lowest BCUT2D eigenvalue weighted by Crippen LogP contribution is -2.42. The molecule has 1 aromatic heterocycles. The molecule has 150 valence electrons. The number of rotatable bonds is 6. The summed E-state index contributed by atoms with van der Waals surface area (Å²) in [5.74, 6) is -0.242. The van der Waals surface area contributed by atoms with Gasteiger partial charge in [0.25, 0.3) is 5.91 Å². The fourth-order valence-corrected chi connectivity index (χ4v) is 3.60. The lowest BCUT2D eigenvalue weighted by Gasteiger charge is -2.34. The van der Waals surface area contributed by atoms with Gasteiger partial charge >= 0.3 is 0 Å². The second-order valence-corrected chi connectivity index (χ2v) is 6.99. The number of amides is 1. The van der Waals surface area contributed by atoms with E-state index in [9.17, 15) is 4.79 Å². The van der Waals surface area contributed by atoms with Crippen LogP contribution in [0.5, 0.6) is 0 Å². The lowest BCUT2D eigenvalue weighted by atomic mass is 10.0. The van der Waals surface area contributed by atoms with Crippen LogP contribution in [0.4, 0.5) is 0 Å². The summed E-state index contributed by atoms with van der Waals surface area (Å²) in [5.41, 5.74) is 6.23. The number of carbonyl (C=O) groups is 1. The number of benzene rings is 2. The molecule has 1 atom stereocenters. The number of hydrogen-bond donors (Lipinski definition) is 1. The number of aromatic nitrogens is 3. The first kappa shape index (κ1) is 19.2. The van der Waals surface area contributed by atoms with Gasteiger partial charge in [0.15, 0.2) is 0 Å². The minimum absolute atomic E-state index is 0.00685. The van der Waals surface area contributed by atoms with E-state index in [-0.39, 0.29) is 18.5 Å². The first-order valence-electron chi connectivity index (χ1n) is 9.70. The molecular weight excluding hydrogens is 368 g/mol. The maximum atomic E-state index is 12.5. The number of hydrazone groups is 1. The largest absolute Gasteiger partial charge is 0.379 e. The Bertz CT molecular complexity index is 995. The van der Waals surface area contributed by atoms with Crippen molar-refractivity contribution < 1.29 is 9.53 Å². The number of carbonyl (C=O) groups excluding carboxylic acids is 1. The molecule has 0 unspecified atom stereocenters. The Balaban J connectivity index is 1.48. The second kappa shape index (κ2) is 8.93. The molecule has 0 bridgehead atoms. The number of fused-ring (bicyclic) bond motifs is 1. The lowest BCUT2D eigenvalue weighted by molar-refractivity contribution is -0.121. The van der Waals surface area contributed by atoms with Crippen molar-refractivity contribution in [3.05, 3.63) is 60.2 Å². The monoisotopic (exact) mass is 392 g/mol. The summed E-state index contributed by atoms with van der Waals surface area (Å²) in [4.78, 5) is 14.8. The Hall–Kier alpha value is -3.10. The van der Waals surface area contributed by atoms with Crippen molar-refractivity contribution >= 4 is 22.7 Å². The van der Waals surface area contributed by atoms with Gasteiger partial charge in [0.2, 0.25) is 0 Å². The van der Waals surface area contributed by atoms with Gasteiger partial charge in [-0.2, -0.15) is 5.10 Å². The maximum absolute atomic E-state index is 12.5. The molecule has 1 aliphatic heterocycles. The van der Waals surface area contributed by atoms with E-state index in [2.05, 4.69) is 37.9 Å². The van der Waals surface area contributed by atoms with Gasteiger partial charge in [0, 0.05) is 13.1 Å². The number of nitrogens with one attached hydrogen (secondary N) is 1. The third-order valence-corrected chi connectivity index (χ3v) is 4.99. The minimum atomic E-state index is -0.242. The van der Waals surface area contributed by atoms with Crippen LogP contribution in [0.1, 0.15) is 18.5 Å². The van der Waals surface area contributed by atoms with Gasteiger partial charge < -0.3 is 4.74 Å². The van der Waals surface area contributed by atoms with Crippen molar-refractivity contribution in [3.63, 3.8) is 0 Å². The van der Waals surface area contributed by atoms with Crippen LogP contribution in [0.2, 0.25) is 0 Å². The molecule has 1 aliphatic rings. The smallest absolute Gasteiger partial charge is 0.261 e. The van der Waals surface area contributed by atoms with Crippen molar-refractivity contribution in [2.75, 3.05) is 26.3 Å². The molecule has 29 heavy (non-hydrogen) atoms. The number of hydrogen-bond acceptors (Lipinski definition) is 6. The normalized spacial score (nSPS) is 16.7. The van der Waals surface area contributed by atoms with Crippen LogP contribution in [0.3, 0.4) is 0 Å². The Morgan fingerprint density at radius 2 is 1.86 bits per heavy atom. The van der Waals surface area contributed by atoms with Crippen LogP contribution in [0.15, 0.2) is 59.7 Å². The third-order valence-electron chi connectivity index (χ3n) is 4.99. The van der Waals surface area contributed by atoms with E-state index in [1.807, 2.05) is 49.4 Å². The topological polar surface area (TPSA) is 84.6 Å². The summed E-state index contributed by atoms with van der Waals surface area (Å²) < 4.78 is 7.07. The zero-order valence-electron chi connectivity index (χ0n) is 16.4. The first-order valence-corrected chi connectivity index (χ1v) is 9.70. The predicted molar refractivity (Wildman–Crippen MR) is 110 cm³/mol. The van der Waals surface area contributed by atoms with Crippen LogP contribution < -0.4 is 5.43 Å². The SMILES string of the molecule is C/C(=N/NC(=O)Cn1nnc2ccccc21)[C@@H](c1ccccc1)N1CCOCC1. The number of ether oxygens (including phenoxy) is 1. The Morgan fingerprint density at radius 1 is 1.14 bits per heavy atom. The molecule has 1 saturated heterocycles. The number of morpholine rings is 1. The molecular formula is C21H24N6O2. The molecule has 0 spiro atoms. The van der Waals surface area contributed by atoms with E-state index < -0.39 is 0 Å². The highest BCUT2D eigenvalue weighted by Crippen LogP contribution is 2.23. The van der Waals surface area contributed by atoms with Gasteiger partial charge in [-0.05, 0) is 24.6 Å². The van der Waals surface area contributed by atoms with Crippen molar-refractivity contribution in [1.29, 1.82) is 0 Å². The van der Waals surface area contributed by atoms with E-state index in [1.165, 1.54) is 0 Å². The zero-order chi connectivity index (χ0) is 20.1. The molecule has 0 radical (unpaired) electrons. The van der Waals surface area contributed by atoms with Gasteiger partial charge in [-0.15, -0.1) is 5.10 Å². The summed E-state index contributed by atoms with van der Waals surface area (Å²) in [7, 11) is 0. The van der Waals surface area contributed by atoms with Crippen LogP contribution in [-0.2, 0) is 16.1 Å². The van der Waals surface area contributed by atoms with Gasteiger partial charge in [-0.25, -0.2) is 10.1 Å². The highest BCUT2D eigenvalue weighted by atomic mass is 16.5. The molecule has 4 rings (SSSR count). The molecule has 1 fully saturated rings. The summed E-state index contributed by atoms with van der Waals surface area (Å²) >= 11 is 0. The third kappa shape index (κ3) is 4.49. The second-order valence-electron chi connectivity index (χ2n) is 6.99. The van der Waals surface area contributed by atoms with Gasteiger partial charge in [-0.1, -0.05) is 47.7 Å². The van der Waals surface area contributed by atoms with Crippen molar-refractivity contribution in [3.8, 4) is 0 Å². The van der Waals surface area contributed by atoms with E-state index in [0.29, 0.717) is 13.2 Å². The van der Waals surface area contributed by atoms with Gasteiger partial charge in [-0.3, -0.25) is 9.69 Å². The Labute approximate surface area is 169 Å². The summed E-state index contributed by atoms with van der Waals surface area (Å²) in [6.07, 6.45) is 0. The molecule has 8 heteroatoms. The van der Waals surface area contributed by atoms with Crippen molar-refractivity contribution in [2.24, 2.45) is 5.10 Å². The highest BCUT2D eigenvalue weighted by Gasteiger charge is 2.25. The van der Waals surface area contributed by atoms with E-state index in [4.69, 9.17) is 4.74 Å². The van der Waals surface area contributed by atoms with Crippen LogP contribution in [0, 0.1) is 0 Å². The van der Waals surface area contributed by atoms with Crippen LogP contribution >= 0.6 is 0 Å². The van der Waals surface area contributed by atoms with Gasteiger partial charge in [0.1, 0.15) is 12.1 Å². The van der Waals surface area contributed by atoms with Crippen LogP contribution in [-0.4, -0.2) is 57.8 Å². The molecule has 2 aromatic carbocycles. The van der Waals surface area contributed by atoms with E-state index in [0.717, 1.165) is 35.4 Å². The van der Waals surface area contributed by atoms with Gasteiger partial charge in [0.05, 0.1) is 30.5 Å². The molecule has 8 nitrogen and oxygen atoms in total. The van der Waals surface area contributed by atoms with E-state index >= 15 is 0 Å². The van der Waals surface area contributed by atoms with Crippen LogP contribution in [0.25, 0.3) is 11.0 Å². The quantitative estimate of drug-likeness (QED) is 0.512. The predicted octanol–water partition coefficient (Wildman–Crippen LogP) is 2.00. The fourth-order valence-electron chi connectivity index (χ4n) is 3.60. The summed E-state index contributed by atoms with van der Waals surface area (Å²) in [5, 5.41) is 12.5. The average molecular weight is 392 g/mol. The Kier molecular flexibility index (Phi) is 5.92. The molecule has 3 aromatic rings. The van der Waals surface area contributed by atoms with E-state index in [1.54, 1.807) is 4.68 Å². The first-order chi connectivity index (χ1) is 14.2. The highest BCUT2D eigenvalue weighted by molar-refractivity contribution is 5.90. The fraction of sp³-hybridized carbons (Fsp3) is 0.333.